The van der Waals surface area contributed by atoms with Gasteiger partial charge in [-0.1, -0.05) is 44.2 Å². The molecule has 0 spiro atoms. The summed E-state index contributed by atoms with van der Waals surface area (Å²) in [6, 6.07) is 9.01. The molecule has 2 N–H and O–H groups in total. The first-order valence-electron chi connectivity index (χ1n) is 8.42. The highest BCUT2D eigenvalue weighted by Gasteiger charge is 2.33. The van der Waals surface area contributed by atoms with E-state index in [0.29, 0.717) is 19.6 Å². The van der Waals surface area contributed by atoms with Crippen LogP contribution in [0, 0.1) is 5.92 Å². The Labute approximate surface area is 143 Å². The third-order valence-electron chi connectivity index (χ3n) is 4.38. The summed E-state index contributed by atoms with van der Waals surface area (Å²) in [5, 5.41) is 0. The number of rotatable bonds is 4. The molecule has 0 bridgehead atoms. The van der Waals surface area contributed by atoms with Crippen LogP contribution in [0.5, 0.6) is 0 Å². The Morgan fingerprint density at radius 1 is 1.25 bits per heavy atom. The molecule has 6 nitrogen and oxygen atoms in total. The second-order valence-corrected chi connectivity index (χ2v) is 6.64. The van der Waals surface area contributed by atoms with Crippen molar-refractivity contribution in [3.8, 4) is 0 Å². The van der Waals surface area contributed by atoms with E-state index in [-0.39, 0.29) is 30.6 Å². The third kappa shape index (κ3) is 4.47. The minimum atomic E-state index is -0.496. The van der Waals surface area contributed by atoms with Gasteiger partial charge in [-0.3, -0.25) is 4.79 Å². The van der Waals surface area contributed by atoms with E-state index in [1.54, 1.807) is 9.80 Å². The summed E-state index contributed by atoms with van der Waals surface area (Å²) >= 11 is 0. The van der Waals surface area contributed by atoms with Crippen LogP contribution in [0.25, 0.3) is 0 Å². The molecule has 1 aromatic carbocycles. The van der Waals surface area contributed by atoms with Crippen LogP contribution in [0.15, 0.2) is 30.3 Å². The van der Waals surface area contributed by atoms with Gasteiger partial charge in [-0.2, -0.15) is 0 Å². The van der Waals surface area contributed by atoms with Crippen molar-refractivity contribution in [2.75, 3.05) is 19.6 Å². The van der Waals surface area contributed by atoms with Crippen LogP contribution in [-0.2, 0) is 16.1 Å². The van der Waals surface area contributed by atoms with Gasteiger partial charge in [0.15, 0.2) is 0 Å². The summed E-state index contributed by atoms with van der Waals surface area (Å²) in [7, 11) is 0. The third-order valence-corrected chi connectivity index (χ3v) is 4.38. The van der Waals surface area contributed by atoms with Crippen molar-refractivity contribution in [2.24, 2.45) is 11.7 Å². The van der Waals surface area contributed by atoms with E-state index < -0.39 is 6.04 Å². The van der Waals surface area contributed by atoms with E-state index in [0.717, 1.165) is 5.56 Å². The summed E-state index contributed by atoms with van der Waals surface area (Å²) in [5.74, 6) is 0.0494. The molecule has 1 heterocycles. The molecule has 1 fully saturated rings. The van der Waals surface area contributed by atoms with Crippen molar-refractivity contribution in [3.05, 3.63) is 35.9 Å². The molecule has 0 unspecified atom stereocenters. The second kappa shape index (κ2) is 8.15. The Bertz CT molecular complexity index is 562. The molecule has 132 valence electrons. The molecular formula is C18H27N3O3. The van der Waals surface area contributed by atoms with Gasteiger partial charge in [0.2, 0.25) is 5.91 Å². The van der Waals surface area contributed by atoms with Crippen LogP contribution in [-0.4, -0.2) is 53.5 Å². The SMILES string of the molecule is CC(C)[C@H](N)C(=O)N1CCN(C(=O)OCc2ccccc2)C[C@@H]1C. The number of amides is 2. The number of ether oxygens (including phenoxy) is 1. The van der Waals surface area contributed by atoms with Crippen molar-refractivity contribution in [3.63, 3.8) is 0 Å². The zero-order valence-electron chi connectivity index (χ0n) is 14.6. The molecule has 1 saturated heterocycles. The monoisotopic (exact) mass is 333 g/mol. The van der Waals surface area contributed by atoms with E-state index in [2.05, 4.69) is 0 Å². The summed E-state index contributed by atoms with van der Waals surface area (Å²) < 4.78 is 5.36. The normalized spacial score (nSPS) is 19.3. The van der Waals surface area contributed by atoms with Gasteiger partial charge in [0, 0.05) is 25.7 Å². The van der Waals surface area contributed by atoms with Gasteiger partial charge in [0.05, 0.1) is 6.04 Å². The highest BCUT2D eigenvalue weighted by atomic mass is 16.6. The van der Waals surface area contributed by atoms with E-state index in [1.807, 2.05) is 51.1 Å². The first-order valence-corrected chi connectivity index (χ1v) is 8.42. The largest absolute Gasteiger partial charge is 0.445 e. The minimum absolute atomic E-state index is 0.0465. The van der Waals surface area contributed by atoms with Gasteiger partial charge in [-0.15, -0.1) is 0 Å². The molecule has 0 saturated carbocycles. The molecule has 24 heavy (non-hydrogen) atoms. The summed E-state index contributed by atoms with van der Waals surface area (Å²) in [6.45, 7) is 7.47. The number of nitrogens with two attached hydrogens (primary N) is 1. The topological polar surface area (TPSA) is 75.9 Å². The standard InChI is InChI=1S/C18H27N3O3/c1-13(2)16(19)17(22)21-10-9-20(11-14(21)3)18(23)24-12-15-7-5-4-6-8-15/h4-8,13-14,16H,9-12,19H2,1-3H3/t14-,16-/m0/s1. The van der Waals surface area contributed by atoms with Gasteiger partial charge < -0.3 is 20.3 Å². The number of piperazine rings is 1. The Kier molecular flexibility index (Phi) is 6.20. The molecule has 2 amide bonds. The van der Waals surface area contributed by atoms with Crippen molar-refractivity contribution in [1.29, 1.82) is 0 Å². The van der Waals surface area contributed by atoms with Crippen molar-refractivity contribution in [2.45, 2.75) is 39.5 Å². The second-order valence-electron chi connectivity index (χ2n) is 6.64. The summed E-state index contributed by atoms with van der Waals surface area (Å²) in [6.07, 6.45) is -0.342. The number of hydrogen-bond donors (Lipinski definition) is 1. The lowest BCUT2D eigenvalue weighted by Gasteiger charge is -2.40. The average Bonchev–Trinajstić information content (AvgIpc) is 2.59. The highest BCUT2D eigenvalue weighted by Crippen LogP contribution is 2.14. The zero-order valence-corrected chi connectivity index (χ0v) is 14.6. The number of benzene rings is 1. The van der Waals surface area contributed by atoms with Crippen LogP contribution in [0.1, 0.15) is 26.3 Å². The fourth-order valence-electron chi connectivity index (χ4n) is 2.74. The summed E-state index contributed by atoms with van der Waals surface area (Å²) in [4.78, 5) is 28.0. The lowest BCUT2D eigenvalue weighted by atomic mass is 10.0. The van der Waals surface area contributed by atoms with E-state index in [4.69, 9.17) is 10.5 Å². The number of carbonyl (C=O) groups excluding carboxylic acids is 2. The number of hydrogen-bond acceptors (Lipinski definition) is 4. The van der Waals surface area contributed by atoms with E-state index >= 15 is 0 Å². The molecule has 1 aliphatic rings. The molecule has 0 aliphatic carbocycles. The quantitative estimate of drug-likeness (QED) is 0.912. The fraction of sp³-hybridized carbons (Fsp3) is 0.556. The Hall–Kier alpha value is -2.08. The Morgan fingerprint density at radius 3 is 2.50 bits per heavy atom. The number of nitrogens with zero attached hydrogens (tertiary/aromatic N) is 2. The first-order chi connectivity index (χ1) is 11.4. The zero-order chi connectivity index (χ0) is 17.7. The van der Waals surface area contributed by atoms with Crippen molar-refractivity contribution >= 4 is 12.0 Å². The maximum absolute atomic E-state index is 12.4. The molecule has 2 rings (SSSR count). The van der Waals surface area contributed by atoms with Crippen LogP contribution < -0.4 is 5.73 Å². The minimum Gasteiger partial charge on any atom is -0.445 e. The maximum Gasteiger partial charge on any atom is 0.410 e. The van der Waals surface area contributed by atoms with Crippen molar-refractivity contribution in [1.82, 2.24) is 9.80 Å². The van der Waals surface area contributed by atoms with Crippen molar-refractivity contribution < 1.29 is 14.3 Å². The predicted molar refractivity (Wildman–Crippen MR) is 92.2 cm³/mol. The fourth-order valence-corrected chi connectivity index (χ4v) is 2.74. The summed E-state index contributed by atoms with van der Waals surface area (Å²) in [5.41, 5.74) is 6.92. The Balaban J connectivity index is 1.86. The van der Waals surface area contributed by atoms with Gasteiger partial charge in [-0.25, -0.2) is 4.79 Å². The van der Waals surface area contributed by atoms with Crippen LogP contribution >= 0.6 is 0 Å². The molecule has 6 heteroatoms. The smallest absolute Gasteiger partial charge is 0.410 e. The van der Waals surface area contributed by atoms with Crippen LogP contribution in [0.2, 0.25) is 0 Å². The Morgan fingerprint density at radius 2 is 1.92 bits per heavy atom. The number of carbonyl (C=O) groups is 2. The maximum atomic E-state index is 12.4. The van der Waals surface area contributed by atoms with Gasteiger partial charge in [0.25, 0.3) is 0 Å². The molecule has 1 aromatic rings. The van der Waals surface area contributed by atoms with E-state index in [1.165, 1.54) is 0 Å². The molecule has 0 radical (unpaired) electrons. The lowest BCUT2D eigenvalue weighted by molar-refractivity contribution is -0.137. The molecular weight excluding hydrogens is 306 g/mol. The lowest BCUT2D eigenvalue weighted by Crippen LogP contribution is -2.59. The van der Waals surface area contributed by atoms with Crippen LogP contribution in [0.3, 0.4) is 0 Å². The predicted octanol–water partition coefficient (Wildman–Crippen LogP) is 1.84. The average molecular weight is 333 g/mol. The van der Waals surface area contributed by atoms with Gasteiger partial charge in [-0.05, 0) is 18.4 Å². The highest BCUT2D eigenvalue weighted by molar-refractivity contribution is 5.82. The molecule has 1 aliphatic heterocycles. The molecule has 2 atom stereocenters. The molecule has 0 aromatic heterocycles. The first kappa shape index (κ1) is 18.3. The van der Waals surface area contributed by atoms with Gasteiger partial charge >= 0.3 is 6.09 Å². The van der Waals surface area contributed by atoms with Crippen LogP contribution in [0.4, 0.5) is 4.79 Å². The van der Waals surface area contributed by atoms with E-state index in [9.17, 15) is 9.59 Å². The van der Waals surface area contributed by atoms with Gasteiger partial charge in [0.1, 0.15) is 6.61 Å².